The largest absolute Gasteiger partial charge is 0.481 e. The van der Waals surface area contributed by atoms with Crippen LogP contribution in [0.1, 0.15) is 28.4 Å². The van der Waals surface area contributed by atoms with Crippen molar-refractivity contribution >= 4 is 33.5 Å². The van der Waals surface area contributed by atoms with E-state index in [9.17, 15) is 14.4 Å². The van der Waals surface area contributed by atoms with E-state index in [4.69, 9.17) is 4.74 Å². The highest BCUT2D eigenvalue weighted by Crippen LogP contribution is 2.17. The van der Waals surface area contributed by atoms with Crippen molar-refractivity contribution in [2.75, 3.05) is 0 Å². The molecule has 0 spiro atoms. The summed E-state index contributed by atoms with van der Waals surface area (Å²) in [6.07, 6.45) is -0.705. The highest BCUT2D eigenvalue weighted by Gasteiger charge is 2.16. The smallest absolute Gasteiger partial charge is 0.279 e. The van der Waals surface area contributed by atoms with Crippen molar-refractivity contribution < 1.29 is 19.1 Å². The van der Waals surface area contributed by atoms with Gasteiger partial charge in [0.05, 0.1) is 6.42 Å². The molecule has 0 fully saturated rings. The Morgan fingerprint density at radius 1 is 0.839 bits per heavy atom. The second-order valence-corrected chi connectivity index (χ2v) is 7.74. The molecule has 0 heterocycles. The molecule has 3 rings (SSSR count). The molecule has 0 aliphatic heterocycles. The van der Waals surface area contributed by atoms with E-state index in [1.54, 1.807) is 43.3 Å². The first-order valence-electron chi connectivity index (χ1n) is 9.62. The van der Waals surface area contributed by atoms with Crippen molar-refractivity contribution in [2.45, 2.75) is 19.4 Å². The summed E-state index contributed by atoms with van der Waals surface area (Å²) in [5.41, 5.74) is 6.69. The highest BCUT2D eigenvalue weighted by atomic mass is 79.9. The van der Waals surface area contributed by atoms with E-state index in [1.165, 1.54) is 0 Å². The van der Waals surface area contributed by atoms with E-state index in [-0.39, 0.29) is 18.1 Å². The van der Waals surface area contributed by atoms with Gasteiger partial charge < -0.3 is 4.74 Å². The van der Waals surface area contributed by atoms with Crippen molar-refractivity contribution in [3.05, 3.63) is 100 Å². The standard InChI is InChI=1S/C24H21BrN2O4/c1-16(24(30)27-26-22(28)15-17-7-11-20(25)12-8-17)31-21-13-9-19(10-14-21)23(29)18-5-3-2-4-6-18/h2-14,16H,15H2,1H3,(H,26,28)(H,27,30)/t16-/m1/s1. The average Bonchev–Trinajstić information content (AvgIpc) is 2.79. The first-order chi connectivity index (χ1) is 14.9. The normalized spacial score (nSPS) is 11.3. The Balaban J connectivity index is 1.48. The zero-order valence-corrected chi connectivity index (χ0v) is 18.4. The number of hydrogen-bond acceptors (Lipinski definition) is 4. The number of ketones is 1. The number of ether oxygens (including phenoxy) is 1. The minimum atomic E-state index is -0.844. The zero-order valence-electron chi connectivity index (χ0n) is 16.8. The van der Waals surface area contributed by atoms with Crippen molar-refractivity contribution in [1.29, 1.82) is 0 Å². The summed E-state index contributed by atoms with van der Waals surface area (Å²) in [7, 11) is 0. The number of benzene rings is 3. The van der Waals surface area contributed by atoms with E-state index in [0.717, 1.165) is 10.0 Å². The molecule has 31 heavy (non-hydrogen) atoms. The van der Waals surface area contributed by atoms with Gasteiger partial charge in [0.15, 0.2) is 11.9 Å². The monoisotopic (exact) mass is 480 g/mol. The summed E-state index contributed by atoms with van der Waals surface area (Å²) >= 11 is 3.34. The predicted molar refractivity (Wildman–Crippen MR) is 121 cm³/mol. The van der Waals surface area contributed by atoms with E-state index in [1.807, 2.05) is 42.5 Å². The molecule has 1 atom stereocenters. The van der Waals surface area contributed by atoms with Crippen LogP contribution in [-0.2, 0) is 16.0 Å². The van der Waals surface area contributed by atoms with Gasteiger partial charge in [0.25, 0.3) is 5.91 Å². The Kier molecular flexibility index (Phi) is 7.56. The van der Waals surface area contributed by atoms with E-state index >= 15 is 0 Å². The van der Waals surface area contributed by atoms with Crippen LogP contribution in [0.5, 0.6) is 5.75 Å². The third kappa shape index (κ3) is 6.52. The molecule has 6 nitrogen and oxygen atoms in total. The van der Waals surface area contributed by atoms with Gasteiger partial charge in [0.2, 0.25) is 5.91 Å². The minimum absolute atomic E-state index is 0.0913. The van der Waals surface area contributed by atoms with Gasteiger partial charge in [-0.05, 0) is 48.9 Å². The molecule has 7 heteroatoms. The SMILES string of the molecule is C[C@@H](Oc1ccc(C(=O)c2ccccc2)cc1)C(=O)NNC(=O)Cc1ccc(Br)cc1. The summed E-state index contributed by atoms with van der Waals surface area (Å²) in [5.74, 6) is -0.486. The van der Waals surface area contributed by atoms with Gasteiger partial charge in [0.1, 0.15) is 5.75 Å². The summed E-state index contributed by atoms with van der Waals surface area (Å²) in [6, 6.07) is 22.9. The Labute approximate surface area is 188 Å². The molecular formula is C24H21BrN2O4. The number of hydrazine groups is 1. The molecular weight excluding hydrogens is 460 g/mol. The van der Waals surface area contributed by atoms with Crippen LogP contribution in [0.3, 0.4) is 0 Å². The molecule has 0 aromatic heterocycles. The summed E-state index contributed by atoms with van der Waals surface area (Å²) in [6.45, 7) is 1.57. The van der Waals surface area contributed by atoms with Crippen molar-refractivity contribution in [3.8, 4) is 5.75 Å². The predicted octanol–water partition coefficient (Wildman–Crippen LogP) is 3.84. The summed E-state index contributed by atoms with van der Waals surface area (Å²) in [5, 5.41) is 0. The van der Waals surface area contributed by atoms with Crippen molar-refractivity contribution in [2.24, 2.45) is 0 Å². The maximum atomic E-state index is 12.4. The summed E-state index contributed by atoms with van der Waals surface area (Å²) < 4.78 is 6.52. The first-order valence-corrected chi connectivity index (χ1v) is 10.4. The number of carbonyl (C=O) groups excluding carboxylic acids is 3. The second kappa shape index (κ2) is 10.5. The number of amides is 2. The third-order valence-electron chi connectivity index (χ3n) is 4.44. The van der Waals surface area contributed by atoms with Crippen LogP contribution in [0, 0.1) is 0 Å². The van der Waals surface area contributed by atoms with Gasteiger partial charge in [-0.15, -0.1) is 0 Å². The van der Waals surface area contributed by atoms with E-state index in [0.29, 0.717) is 16.9 Å². The van der Waals surface area contributed by atoms with Gasteiger partial charge in [-0.1, -0.05) is 58.4 Å². The van der Waals surface area contributed by atoms with Crippen LogP contribution in [0.15, 0.2) is 83.3 Å². The van der Waals surface area contributed by atoms with Gasteiger partial charge >= 0.3 is 0 Å². The fourth-order valence-corrected chi connectivity index (χ4v) is 3.03. The second-order valence-electron chi connectivity index (χ2n) is 6.82. The fraction of sp³-hybridized carbons (Fsp3) is 0.125. The Morgan fingerprint density at radius 3 is 2.10 bits per heavy atom. The number of halogens is 1. The topological polar surface area (TPSA) is 84.5 Å². The Morgan fingerprint density at radius 2 is 1.45 bits per heavy atom. The van der Waals surface area contributed by atoms with Gasteiger partial charge in [-0.3, -0.25) is 25.2 Å². The lowest BCUT2D eigenvalue weighted by Crippen LogP contribution is -2.47. The van der Waals surface area contributed by atoms with Crippen molar-refractivity contribution in [3.63, 3.8) is 0 Å². The highest BCUT2D eigenvalue weighted by molar-refractivity contribution is 9.10. The molecule has 2 amide bonds. The van der Waals surface area contributed by atoms with Crippen LogP contribution in [0.2, 0.25) is 0 Å². The maximum absolute atomic E-state index is 12.4. The Bertz CT molecular complexity index is 1050. The number of nitrogens with one attached hydrogen (secondary N) is 2. The van der Waals surface area contributed by atoms with Crippen LogP contribution >= 0.6 is 15.9 Å². The molecule has 0 radical (unpaired) electrons. The van der Waals surface area contributed by atoms with Crippen molar-refractivity contribution in [1.82, 2.24) is 10.9 Å². The zero-order chi connectivity index (χ0) is 22.2. The van der Waals surface area contributed by atoms with E-state index in [2.05, 4.69) is 26.8 Å². The summed E-state index contributed by atoms with van der Waals surface area (Å²) in [4.78, 5) is 36.6. The lowest BCUT2D eigenvalue weighted by atomic mass is 10.0. The molecule has 2 N–H and O–H groups in total. The molecule has 158 valence electrons. The number of carbonyl (C=O) groups is 3. The minimum Gasteiger partial charge on any atom is -0.481 e. The van der Waals surface area contributed by atoms with Gasteiger partial charge in [-0.25, -0.2) is 0 Å². The van der Waals surface area contributed by atoms with E-state index < -0.39 is 12.0 Å². The Hall–Kier alpha value is -3.45. The molecule has 0 bridgehead atoms. The van der Waals surface area contributed by atoms with Crippen LogP contribution in [-0.4, -0.2) is 23.7 Å². The van der Waals surface area contributed by atoms with Crippen LogP contribution < -0.4 is 15.6 Å². The van der Waals surface area contributed by atoms with Crippen LogP contribution in [0.4, 0.5) is 0 Å². The molecule has 3 aromatic carbocycles. The lowest BCUT2D eigenvalue weighted by molar-refractivity contribution is -0.132. The molecule has 0 saturated carbocycles. The molecule has 0 saturated heterocycles. The lowest BCUT2D eigenvalue weighted by Gasteiger charge is -2.15. The average molecular weight is 481 g/mol. The fourth-order valence-electron chi connectivity index (χ4n) is 2.76. The van der Waals surface area contributed by atoms with Crippen LogP contribution in [0.25, 0.3) is 0 Å². The quantitative estimate of drug-likeness (QED) is 0.397. The first kappa shape index (κ1) is 22.2. The molecule has 0 unspecified atom stereocenters. The molecule has 3 aromatic rings. The molecule has 0 aliphatic carbocycles. The third-order valence-corrected chi connectivity index (χ3v) is 4.97. The molecule has 0 aliphatic rings. The van der Waals surface area contributed by atoms with Gasteiger partial charge in [0, 0.05) is 15.6 Å². The number of rotatable bonds is 7. The maximum Gasteiger partial charge on any atom is 0.279 e. The van der Waals surface area contributed by atoms with Gasteiger partial charge in [-0.2, -0.15) is 0 Å². The number of hydrogen-bond donors (Lipinski definition) is 2.